The van der Waals surface area contributed by atoms with Gasteiger partial charge in [0.15, 0.2) is 5.82 Å². The Hall–Kier alpha value is -2.94. The van der Waals surface area contributed by atoms with Gasteiger partial charge in [0.25, 0.3) is 5.91 Å². The van der Waals surface area contributed by atoms with Crippen molar-refractivity contribution in [3.63, 3.8) is 0 Å². The highest BCUT2D eigenvalue weighted by Gasteiger charge is 2.40. The van der Waals surface area contributed by atoms with Crippen LogP contribution in [0.3, 0.4) is 0 Å². The smallest absolute Gasteiger partial charge is 0.410 e. The molecule has 3 heterocycles. The normalized spacial score (nSPS) is 21.4. The van der Waals surface area contributed by atoms with Crippen molar-refractivity contribution in [2.75, 3.05) is 13.1 Å². The second-order valence-electron chi connectivity index (χ2n) is 10.1. The number of hydrogen-bond donors (Lipinski definition) is 1. The van der Waals surface area contributed by atoms with Crippen molar-refractivity contribution in [2.24, 2.45) is 0 Å². The van der Waals surface area contributed by atoms with Crippen molar-refractivity contribution in [2.45, 2.75) is 83.6 Å². The van der Waals surface area contributed by atoms with Crippen LogP contribution < -0.4 is 5.32 Å². The number of ether oxygens (including phenoxy) is 1. The largest absolute Gasteiger partial charge is 0.444 e. The van der Waals surface area contributed by atoms with Crippen LogP contribution in [0.5, 0.6) is 0 Å². The molecule has 2 aliphatic heterocycles. The number of carbonyl (C=O) groups is 2. The van der Waals surface area contributed by atoms with E-state index in [1.807, 2.05) is 43.9 Å². The molecule has 184 valence electrons. The molecule has 9 heteroatoms. The lowest BCUT2D eigenvalue weighted by atomic mass is 9.94. The lowest BCUT2D eigenvalue weighted by Gasteiger charge is -2.41. The van der Waals surface area contributed by atoms with Gasteiger partial charge in [0.2, 0.25) is 5.89 Å². The van der Waals surface area contributed by atoms with Crippen molar-refractivity contribution in [1.29, 1.82) is 0 Å². The van der Waals surface area contributed by atoms with Gasteiger partial charge in [-0.15, -0.1) is 0 Å². The minimum atomic E-state index is -0.507. The lowest BCUT2D eigenvalue weighted by molar-refractivity contribution is 0.00513. The highest BCUT2D eigenvalue weighted by Crippen LogP contribution is 2.31. The Bertz CT molecular complexity index is 971. The first-order valence-electron chi connectivity index (χ1n) is 12.2. The van der Waals surface area contributed by atoms with Crippen LogP contribution in [-0.4, -0.2) is 62.7 Å². The third-order valence-corrected chi connectivity index (χ3v) is 6.33. The van der Waals surface area contributed by atoms with E-state index in [0.29, 0.717) is 23.8 Å². The molecular formula is C25H35N5O4. The monoisotopic (exact) mass is 469 g/mol. The Morgan fingerprint density at radius 3 is 2.62 bits per heavy atom. The van der Waals surface area contributed by atoms with E-state index in [4.69, 9.17) is 9.26 Å². The lowest BCUT2D eigenvalue weighted by Crippen LogP contribution is -2.53. The van der Waals surface area contributed by atoms with E-state index in [1.54, 1.807) is 12.1 Å². The number of nitrogens with one attached hydrogen (secondary N) is 1. The zero-order valence-corrected chi connectivity index (χ0v) is 20.3. The van der Waals surface area contributed by atoms with Crippen molar-refractivity contribution >= 4 is 12.0 Å². The molecule has 2 saturated heterocycles. The van der Waals surface area contributed by atoms with E-state index in [1.165, 1.54) is 0 Å². The maximum absolute atomic E-state index is 12.8. The molecule has 0 spiro atoms. The molecule has 1 aromatic carbocycles. The van der Waals surface area contributed by atoms with Gasteiger partial charge in [-0.05, 0) is 65.1 Å². The van der Waals surface area contributed by atoms with Crippen LogP contribution in [-0.2, 0) is 17.8 Å². The fraction of sp³-hybridized carbons (Fsp3) is 0.600. The SMILES string of the molecule is CC(C)(C)OC(=O)N1CCC[C@H]1[C@H]1CCCCN1Cc1nc(CNC(=O)c2ccccc2)no1. The van der Waals surface area contributed by atoms with Crippen LogP contribution in [0.1, 0.15) is 74.9 Å². The molecular weight excluding hydrogens is 434 g/mol. The second kappa shape index (κ2) is 10.5. The average molecular weight is 470 g/mol. The van der Waals surface area contributed by atoms with Crippen LogP contribution in [0.2, 0.25) is 0 Å². The average Bonchev–Trinajstić information content (AvgIpc) is 3.47. The molecule has 2 aromatic rings. The van der Waals surface area contributed by atoms with Crippen LogP contribution in [0.4, 0.5) is 4.79 Å². The fourth-order valence-electron chi connectivity index (χ4n) is 4.84. The van der Waals surface area contributed by atoms with Crippen LogP contribution >= 0.6 is 0 Å². The van der Waals surface area contributed by atoms with Crippen LogP contribution in [0.15, 0.2) is 34.9 Å². The number of aromatic nitrogens is 2. The number of amides is 2. The van der Waals surface area contributed by atoms with Gasteiger partial charge in [-0.2, -0.15) is 4.98 Å². The van der Waals surface area contributed by atoms with Crippen molar-refractivity contribution in [3.05, 3.63) is 47.6 Å². The Kier molecular flexibility index (Phi) is 7.50. The molecule has 2 aliphatic rings. The zero-order chi connectivity index (χ0) is 24.1. The maximum atomic E-state index is 12.8. The molecule has 2 atom stereocenters. The summed E-state index contributed by atoms with van der Waals surface area (Å²) in [7, 11) is 0. The predicted molar refractivity (Wildman–Crippen MR) is 126 cm³/mol. The third kappa shape index (κ3) is 6.14. The molecule has 1 aromatic heterocycles. The summed E-state index contributed by atoms with van der Waals surface area (Å²) < 4.78 is 11.2. The molecule has 9 nitrogen and oxygen atoms in total. The molecule has 34 heavy (non-hydrogen) atoms. The summed E-state index contributed by atoms with van der Waals surface area (Å²) in [6, 6.07) is 9.40. The highest BCUT2D eigenvalue weighted by molar-refractivity contribution is 5.93. The molecule has 1 N–H and O–H groups in total. The molecule has 0 saturated carbocycles. The van der Waals surface area contributed by atoms with Gasteiger partial charge in [0.1, 0.15) is 5.60 Å². The maximum Gasteiger partial charge on any atom is 0.410 e. The number of piperidine rings is 1. The van der Waals surface area contributed by atoms with E-state index in [2.05, 4.69) is 20.4 Å². The van der Waals surface area contributed by atoms with Gasteiger partial charge in [-0.3, -0.25) is 9.69 Å². The van der Waals surface area contributed by atoms with E-state index in [0.717, 1.165) is 45.2 Å². The zero-order valence-electron chi connectivity index (χ0n) is 20.3. The summed E-state index contributed by atoms with van der Waals surface area (Å²) in [6.45, 7) is 8.09. The first kappa shape index (κ1) is 24.2. The van der Waals surface area contributed by atoms with Crippen LogP contribution in [0, 0.1) is 0 Å². The summed E-state index contributed by atoms with van der Waals surface area (Å²) >= 11 is 0. The second-order valence-corrected chi connectivity index (χ2v) is 10.1. The van der Waals surface area contributed by atoms with Crippen molar-refractivity contribution < 1.29 is 18.8 Å². The van der Waals surface area contributed by atoms with Crippen molar-refractivity contribution in [3.8, 4) is 0 Å². The highest BCUT2D eigenvalue weighted by atomic mass is 16.6. The van der Waals surface area contributed by atoms with Crippen LogP contribution in [0.25, 0.3) is 0 Å². The minimum absolute atomic E-state index is 0.128. The van der Waals surface area contributed by atoms with Gasteiger partial charge in [0, 0.05) is 18.2 Å². The van der Waals surface area contributed by atoms with Gasteiger partial charge >= 0.3 is 6.09 Å². The number of carbonyl (C=O) groups excluding carboxylic acids is 2. The molecule has 0 bridgehead atoms. The first-order chi connectivity index (χ1) is 16.3. The third-order valence-electron chi connectivity index (χ3n) is 6.33. The molecule has 0 aliphatic carbocycles. The summed E-state index contributed by atoms with van der Waals surface area (Å²) in [5.41, 5.74) is 0.0838. The summed E-state index contributed by atoms with van der Waals surface area (Å²) in [5, 5.41) is 6.87. The van der Waals surface area contributed by atoms with Gasteiger partial charge < -0.3 is 19.5 Å². The Labute approximate surface area is 200 Å². The van der Waals surface area contributed by atoms with Crippen molar-refractivity contribution in [1.82, 2.24) is 25.3 Å². The number of hydrogen-bond acceptors (Lipinski definition) is 7. The predicted octanol–water partition coefficient (Wildman–Crippen LogP) is 3.75. The van der Waals surface area contributed by atoms with E-state index in [-0.39, 0.29) is 30.6 Å². The number of likely N-dealkylation sites (tertiary alicyclic amines) is 2. The Morgan fingerprint density at radius 2 is 1.85 bits per heavy atom. The summed E-state index contributed by atoms with van der Waals surface area (Å²) in [4.78, 5) is 33.8. The number of nitrogens with zero attached hydrogens (tertiary/aromatic N) is 4. The number of benzene rings is 1. The molecule has 4 rings (SSSR count). The first-order valence-corrected chi connectivity index (χ1v) is 12.2. The Balaban J connectivity index is 1.36. The summed E-state index contributed by atoms with van der Waals surface area (Å²) in [5.74, 6) is 0.799. The van der Waals surface area contributed by atoms with Gasteiger partial charge in [-0.1, -0.05) is 29.8 Å². The molecule has 2 fully saturated rings. The fourth-order valence-corrected chi connectivity index (χ4v) is 4.84. The topological polar surface area (TPSA) is 101 Å². The summed E-state index contributed by atoms with van der Waals surface area (Å²) in [6.07, 6.45) is 5.00. The standard InChI is InChI=1S/C25H35N5O4/c1-25(2,3)33-24(32)30-15-9-13-20(30)19-12-7-8-14-29(19)17-22-27-21(28-34-22)16-26-23(31)18-10-5-4-6-11-18/h4-6,10-11,19-20H,7-9,12-17H2,1-3H3,(H,26,31)/t19-,20+/m1/s1. The van der Waals surface area contributed by atoms with Gasteiger partial charge in [0.05, 0.1) is 19.1 Å². The molecule has 2 amide bonds. The Morgan fingerprint density at radius 1 is 1.09 bits per heavy atom. The number of rotatable bonds is 6. The van der Waals surface area contributed by atoms with E-state index in [9.17, 15) is 9.59 Å². The van der Waals surface area contributed by atoms with E-state index < -0.39 is 5.60 Å². The molecule has 0 radical (unpaired) electrons. The van der Waals surface area contributed by atoms with E-state index >= 15 is 0 Å². The van der Waals surface area contributed by atoms with Gasteiger partial charge in [-0.25, -0.2) is 4.79 Å². The quantitative estimate of drug-likeness (QED) is 0.687. The molecule has 0 unspecified atom stereocenters. The minimum Gasteiger partial charge on any atom is -0.444 e.